The van der Waals surface area contributed by atoms with Gasteiger partial charge in [0.05, 0.1) is 7.11 Å². The molecule has 0 bridgehead atoms. The molecule has 5 nitrogen and oxygen atoms in total. The summed E-state index contributed by atoms with van der Waals surface area (Å²) in [5.41, 5.74) is 1.79. The minimum atomic E-state index is -0.601. The van der Waals surface area contributed by atoms with Crippen LogP contribution in [0.5, 0.6) is 17.2 Å². The normalized spacial score (nSPS) is 11.4. The van der Waals surface area contributed by atoms with Crippen LogP contribution in [0.25, 0.3) is 0 Å². The molecule has 29 heavy (non-hydrogen) atoms. The fraction of sp³-hybridized carbons (Fsp3) is 0.208. The van der Waals surface area contributed by atoms with Gasteiger partial charge in [0.25, 0.3) is 5.91 Å². The molecule has 150 valence electrons. The van der Waals surface area contributed by atoms with Crippen LogP contribution in [0.3, 0.4) is 0 Å². The number of benzene rings is 3. The van der Waals surface area contributed by atoms with Gasteiger partial charge in [-0.1, -0.05) is 43.3 Å². The Kier molecular flexibility index (Phi) is 7.11. The van der Waals surface area contributed by atoms with Crippen molar-refractivity contribution in [1.82, 2.24) is 0 Å². The highest BCUT2D eigenvalue weighted by Crippen LogP contribution is 2.22. The second-order valence-electron chi connectivity index (χ2n) is 6.48. The van der Waals surface area contributed by atoms with Crippen molar-refractivity contribution in [2.75, 3.05) is 12.4 Å². The van der Waals surface area contributed by atoms with E-state index >= 15 is 0 Å². The first-order chi connectivity index (χ1) is 14.2. The van der Waals surface area contributed by atoms with Crippen LogP contribution < -0.4 is 19.5 Å². The number of rotatable bonds is 9. The van der Waals surface area contributed by atoms with Crippen LogP contribution in [0.15, 0.2) is 78.9 Å². The van der Waals surface area contributed by atoms with Gasteiger partial charge in [0.15, 0.2) is 6.10 Å². The van der Waals surface area contributed by atoms with Crippen molar-refractivity contribution in [2.24, 2.45) is 0 Å². The van der Waals surface area contributed by atoms with Gasteiger partial charge in [-0.05, 0) is 48.4 Å². The number of carbonyl (C=O) groups is 1. The summed E-state index contributed by atoms with van der Waals surface area (Å²) in [6.07, 6.45) is -0.0579. The van der Waals surface area contributed by atoms with E-state index in [1.807, 2.05) is 73.7 Å². The molecule has 0 unspecified atom stereocenters. The highest BCUT2D eigenvalue weighted by atomic mass is 16.5. The molecule has 0 fully saturated rings. The van der Waals surface area contributed by atoms with Gasteiger partial charge in [0.1, 0.15) is 23.9 Å². The van der Waals surface area contributed by atoms with Gasteiger partial charge in [-0.2, -0.15) is 0 Å². The molecular formula is C24H25NO4. The van der Waals surface area contributed by atoms with E-state index in [1.165, 1.54) is 0 Å². The maximum Gasteiger partial charge on any atom is 0.265 e. The average molecular weight is 391 g/mol. The third kappa shape index (κ3) is 6.01. The first-order valence-corrected chi connectivity index (χ1v) is 9.56. The topological polar surface area (TPSA) is 56.8 Å². The molecule has 3 aromatic carbocycles. The predicted molar refractivity (Wildman–Crippen MR) is 114 cm³/mol. The van der Waals surface area contributed by atoms with Crippen molar-refractivity contribution < 1.29 is 19.0 Å². The largest absolute Gasteiger partial charge is 0.497 e. The Morgan fingerprint density at radius 3 is 2.31 bits per heavy atom. The highest BCUT2D eigenvalue weighted by molar-refractivity contribution is 5.94. The van der Waals surface area contributed by atoms with Gasteiger partial charge in [-0.25, -0.2) is 0 Å². The zero-order valence-corrected chi connectivity index (χ0v) is 16.6. The molecule has 3 aromatic rings. The van der Waals surface area contributed by atoms with Crippen molar-refractivity contribution in [3.63, 3.8) is 0 Å². The Morgan fingerprint density at radius 1 is 0.897 bits per heavy atom. The third-order valence-electron chi connectivity index (χ3n) is 4.35. The van der Waals surface area contributed by atoms with Crippen LogP contribution in [0.2, 0.25) is 0 Å². The van der Waals surface area contributed by atoms with E-state index in [-0.39, 0.29) is 5.91 Å². The minimum Gasteiger partial charge on any atom is -0.497 e. The van der Waals surface area contributed by atoms with E-state index in [0.717, 1.165) is 11.3 Å². The average Bonchev–Trinajstić information content (AvgIpc) is 2.77. The number of nitrogens with one attached hydrogen (secondary N) is 1. The van der Waals surface area contributed by atoms with Crippen LogP contribution in [-0.4, -0.2) is 19.1 Å². The zero-order chi connectivity index (χ0) is 20.5. The van der Waals surface area contributed by atoms with E-state index in [1.54, 1.807) is 19.2 Å². The fourth-order valence-electron chi connectivity index (χ4n) is 2.76. The Bertz CT molecular complexity index is 910. The number of carbonyl (C=O) groups excluding carboxylic acids is 1. The first kappa shape index (κ1) is 20.3. The van der Waals surface area contributed by atoms with E-state index in [4.69, 9.17) is 14.2 Å². The molecule has 0 aliphatic carbocycles. The molecular weight excluding hydrogens is 366 g/mol. The fourth-order valence-corrected chi connectivity index (χ4v) is 2.76. The molecule has 0 aromatic heterocycles. The summed E-state index contributed by atoms with van der Waals surface area (Å²) in [7, 11) is 1.59. The Balaban J connectivity index is 1.55. The molecule has 0 saturated carbocycles. The van der Waals surface area contributed by atoms with Crippen LogP contribution in [0, 0.1) is 0 Å². The lowest BCUT2D eigenvalue weighted by Crippen LogP contribution is -2.32. The first-order valence-electron chi connectivity index (χ1n) is 9.56. The maximum atomic E-state index is 12.6. The molecule has 1 amide bonds. The quantitative estimate of drug-likeness (QED) is 0.553. The highest BCUT2D eigenvalue weighted by Gasteiger charge is 2.18. The Labute approximate surface area is 171 Å². The smallest absolute Gasteiger partial charge is 0.265 e. The maximum absolute atomic E-state index is 12.6. The van der Waals surface area contributed by atoms with Crippen LogP contribution in [0.1, 0.15) is 18.9 Å². The molecule has 0 heterocycles. The second-order valence-corrected chi connectivity index (χ2v) is 6.48. The predicted octanol–water partition coefficient (Wildman–Crippen LogP) is 5.07. The van der Waals surface area contributed by atoms with Gasteiger partial charge >= 0.3 is 0 Å². The van der Waals surface area contributed by atoms with Crippen molar-refractivity contribution >= 4 is 11.6 Å². The lowest BCUT2D eigenvalue weighted by molar-refractivity contribution is -0.122. The second kappa shape index (κ2) is 10.2. The molecule has 0 saturated heterocycles. The lowest BCUT2D eigenvalue weighted by Gasteiger charge is -2.18. The molecule has 3 rings (SSSR count). The molecule has 0 radical (unpaired) electrons. The van der Waals surface area contributed by atoms with Gasteiger partial charge in [-0.3, -0.25) is 4.79 Å². The third-order valence-corrected chi connectivity index (χ3v) is 4.35. The van der Waals surface area contributed by atoms with Gasteiger partial charge < -0.3 is 19.5 Å². The van der Waals surface area contributed by atoms with Crippen molar-refractivity contribution in [2.45, 2.75) is 26.1 Å². The van der Waals surface area contributed by atoms with Crippen LogP contribution >= 0.6 is 0 Å². The Morgan fingerprint density at radius 2 is 1.62 bits per heavy atom. The monoisotopic (exact) mass is 391 g/mol. The molecule has 1 N–H and O–H groups in total. The van der Waals surface area contributed by atoms with E-state index < -0.39 is 6.10 Å². The van der Waals surface area contributed by atoms with Crippen molar-refractivity contribution in [3.05, 3.63) is 84.4 Å². The zero-order valence-electron chi connectivity index (χ0n) is 16.6. The van der Waals surface area contributed by atoms with Crippen molar-refractivity contribution in [3.8, 4) is 17.2 Å². The number of anilines is 1. The molecule has 0 aliphatic heterocycles. The molecule has 0 aliphatic rings. The molecule has 0 spiro atoms. The van der Waals surface area contributed by atoms with Crippen LogP contribution in [-0.2, 0) is 11.4 Å². The number of hydrogen-bond acceptors (Lipinski definition) is 4. The Hall–Kier alpha value is -3.47. The number of methoxy groups -OCH3 is 1. The van der Waals surface area contributed by atoms with Crippen molar-refractivity contribution in [1.29, 1.82) is 0 Å². The van der Waals surface area contributed by atoms with E-state index in [9.17, 15) is 4.79 Å². The van der Waals surface area contributed by atoms with E-state index in [2.05, 4.69) is 5.32 Å². The van der Waals surface area contributed by atoms with Gasteiger partial charge in [0, 0.05) is 11.8 Å². The number of amides is 1. The molecule has 5 heteroatoms. The summed E-state index contributed by atoms with van der Waals surface area (Å²) in [5.74, 6) is 1.82. The number of ether oxygens (including phenoxy) is 3. The SMILES string of the molecule is CC[C@@H](Oc1cccc(OC)c1)C(=O)Nc1ccc(OCc2ccccc2)cc1. The number of hydrogen-bond donors (Lipinski definition) is 1. The lowest BCUT2D eigenvalue weighted by atomic mass is 10.2. The minimum absolute atomic E-state index is 0.201. The summed E-state index contributed by atoms with van der Waals surface area (Å²) in [5, 5.41) is 2.89. The van der Waals surface area contributed by atoms with Crippen LogP contribution in [0.4, 0.5) is 5.69 Å². The summed E-state index contributed by atoms with van der Waals surface area (Å²) < 4.78 is 16.8. The summed E-state index contributed by atoms with van der Waals surface area (Å²) in [6.45, 7) is 2.41. The van der Waals surface area contributed by atoms with Gasteiger partial charge in [-0.15, -0.1) is 0 Å². The van der Waals surface area contributed by atoms with Gasteiger partial charge in [0.2, 0.25) is 0 Å². The summed E-state index contributed by atoms with van der Waals surface area (Å²) in [4.78, 5) is 12.6. The summed E-state index contributed by atoms with van der Waals surface area (Å²) >= 11 is 0. The standard InChI is InChI=1S/C24H25NO4/c1-3-23(29-22-11-7-10-21(16-22)27-2)24(26)25-19-12-14-20(15-13-19)28-17-18-8-5-4-6-9-18/h4-16,23H,3,17H2,1-2H3,(H,25,26)/t23-/m1/s1. The molecule has 1 atom stereocenters. The summed E-state index contributed by atoms with van der Waals surface area (Å²) in [6, 6.07) is 24.5. The van der Waals surface area contributed by atoms with E-state index in [0.29, 0.717) is 30.2 Å².